The van der Waals surface area contributed by atoms with E-state index >= 15 is 0 Å². The highest BCUT2D eigenvalue weighted by molar-refractivity contribution is 6.31. The molecule has 1 aromatic carbocycles. The number of nitrogens with one attached hydrogen (secondary N) is 1. The van der Waals surface area contributed by atoms with Gasteiger partial charge in [0.05, 0.1) is 5.56 Å². The second kappa shape index (κ2) is 7.75. The average Bonchev–Trinajstić information content (AvgIpc) is 2.36. The fraction of sp³-hybridized carbons (Fsp3) is 0.429. The van der Waals surface area contributed by atoms with Gasteiger partial charge in [0.15, 0.2) is 6.61 Å². The second-order valence-electron chi connectivity index (χ2n) is 4.83. The topological polar surface area (TPSA) is 81.4 Å². The minimum atomic E-state index is -0.650. The third kappa shape index (κ3) is 5.48. The summed E-state index contributed by atoms with van der Waals surface area (Å²) in [5.74, 6) is -0.117. The Morgan fingerprint density at radius 1 is 1.40 bits per heavy atom. The van der Waals surface area contributed by atoms with Gasteiger partial charge in [-0.2, -0.15) is 0 Å². The zero-order chi connectivity index (χ0) is 15.1. The van der Waals surface area contributed by atoms with E-state index in [0.717, 1.165) is 6.42 Å². The maximum absolute atomic E-state index is 11.6. The molecule has 0 saturated heterocycles. The molecule has 3 N–H and O–H groups in total. The van der Waals surface area contributed by atoms with Crippen LogP contribution in [0.2, 0.25) is 5.02 Å². The first-order valence-electron chi connectivity index (χ1n) is 6.39. The molecule has 0 heterocycles. The highest BCUT2D eigenvalue weighted by atomic mass is 35.5. The van der Waals surface area contributed by atoms with Gasteiger partial charge in [-0.25, -0.2) is 0 Å². The number of hydrogen-bond donors (Lipinski definition) is 2. The van der Waals surface area contributed by atoms with E-state index in [0.29, 0.717) is 17.5 Å². The molecule has 1 rings (SSSR count). The zero-order valence-electron chi connectivity index (χ0n) is 11.6. The van der Waals surface area contributed by atoms with E-state index in [1.54, 1.807) is 6.07 Å². The summed E-state index contributed by atoms with van der Waals surface area (Å²) in [5.41, 5.74) is 5.38. The first-order valence-corrected chi connectivity index (χ1v) is 6.76. The van der Waals surface area contributed by atoms with Gasteiger partial charge in [0, 0.05) is 11.6 Å². The Morgan fingerprint density at radius 3 is 2.70 bits per heavy atom. The SMILES string of the molecule is CC(C)CCNC(=O)COc1ccc(Cl)cc1C(N)=O. The maximum atomic E-state index is 11.6. The summed E-state index contributed by atoms with van der Waals surface area (Å²) in [6.45, 7) is 4.59. The van der Waals surface area contributed by atoms with Crippen LogP contribution >= 0.6 is 11.6 Å². The number of rotatable bonds is 7. The fourth-order valence-corrected chi connectivity index (χ4v) is 1.69. The monoisotopic (exact) mass is 298 g/mol. The normalized spacial score (nSPS) is 10.4. The molecule has 0 aliphatic rings. The molecule has 0 aliphatic carbocycles. The fourth-order valence-electron chi connectivity index (χ4n) is 1.52. The first-order chi connectivity index (χ1) is 9.40. The Bertz CT molecular complexity index is 489. The highest BCUT2D eigenvalue weighted by Crippen LogP contribution is 2.22. The third-order valence-corrected chi connectivity index (χ3v) is 2.84. The number of carbonyl (C=O) groups is 2. The van der Waals surface area contributed by atoms with E-state index in [4.69, 9.17) is 22.1 Å². The molecule has 1 aromatic rings. The number of hydrogen-bond acceptors (Lipinski definition) is 3. The van der Waals surface area contributed by atoms with Crippen molar-refractivity contribution in [3.05, 3.63) is 28.8 Å². The van der Waals surface area contributed by atoms with Crippen molar-refractivity contribution in [2.24, 2.45) is 11.7 Å². The van der Waals surface area contributed by atoms with Gasteiger partial charge in [0.25, 0.3) is 11.8 Å². The van der Waals surface area contributed by atoms with Crippen LogP contribution in [0, 0.1) is 5.92 Å². The van der Waals surface area contributed by atoms with E-state index in [-0.39, 0.29) is 23.8 Å². The highest BCUT2D eigenvalue weighted by Gasteiger charge is 2.11. The summed E-state index contributed by atoms with van der Waals surface area (Å²) in [7, 11) is 0. The standard InChI is InChI=1S/C14H19ClN2O3/c1-9(2)5-6-17-13(18)8-20-12-4-3-10(15)7-11(12)14(16)19/h3-4,7,9H,5-6,8H2,1-2H3,(H2,16,19)(H,17,18). The molecule has 0 bridgehead atoms. The van der Waals surface area contributed by atoms with Crippen molar-refractivity contribution in [3.63, 3.8) is 0 Å². The van der Waals surface area contributed by atoms with Crippen molar-refractivity contribution in [3.8, 4) is 5.75 Å². The van der Waals surface area contributed by atoms with Gasteiger partial charge in [0.2, 0.25) is 0 Å². The lowest BCUT2D eigenvalue weighted by Crippen LogP contribution is -2.30. The molecule has 0 spiro atoms. The molecule has 0 radical (unpaired) electrons. The Morgan fingerprint density at radius 2 is 2.10 bits per heavy atom. The lowest BCUT2D eigenvalue weighted by molar-refractivity contribution is -0.123. The predicted molar refractivity (Wildman–Crippen MR) is 77.9 cm³/mol. The minimum absolute atomic E-state index is 0.160. The van der Waals surface area contributed by atoms with Gasteiger partial charge in [-0.3, -0.25) is 9.59 Å². The van der Waals surface area contributed by atoms with E-state index in [9.17, 15) is 9.59 Å². The number of ether oxygens (including phenoxy) is 1. The number of halogens is 1. The van der Waals surface area contributed by atoms with Gasteiger partial charge in [-0.15, -0.1) is 0 Å². The molecular formula is C14H19ClN2O3. The van der Waals surface area contributed by atoms with Crippen molar-refractivity contribution < 1.29 is 14.3 Å². The summed E-state index contributed by atoms with van der Waals surface area (Å²) >= 11 is 5.78. The Hall–Kier alpha value is -1.75. The zero-order valence-corrected chi connectivity index (χ0v) is 12.4. The summed E-state index contributed by atoms with van der Waals surface area (Å²) in [4.78, 5) is 22.8. The van der Waals surface area contributed by atoms with Crippen LogP contribution in [-0.2, 0) is 4.79 Å². The van der Waals surface area contributed by atoms with E-state index in [1.807, 2.05) is 0 Å². The number of carbonyl (C=O) groups excluding carboxylic acids is 2. The minimum Gasteiger partial charge on any atom is -0.483 e. The molecule has 20 heavy (non-hydrogen) atoms. The van der Waals surface area contributed by atoms with Gasteiger partial charge in [-0.05, 0) is 30.5 Å². The van der Waals surface area contributed by atoms with Gasteiger partial charge in [0.1, 0.15) is 5.75 Å². The van der Waals surface area contributed by atoms with Crippen molar-refractivity contribution >= 4 is 23.4 Å². The number of amides is 2. The van der Waals surface area contributed by atoms with Crippen LogP contribution in [0.1, 0.15) is 30.6 Å². The summed E-state index contributed by atoms with van der Waals surface area (Å²) in [5, 5.41) is 3.12. The molecule has 0 fully saturated rings. The number of primary amides is 1. The molecule has 0 saturated carbocycles. The summed E-state index contributed by atoms with van der Waals surface area (Å²) in [6.07, 6.45) is 0.902. The van der Waals surface area contributed by atoms with E-state index in [1.165, 1.54) is 12.1 Å². The molecule has 5 nitrogen and oxygen atoms in total. The molecule has 2 amide bonds. The lowest BCUT2D eigenvalue weighted by atomic mass is 10.1. The molecular weight excluding hydrogens is 280 g/mol. The van der Waals surface area contributed by atoms with Crippen molar-refractivity contribution in [2.75, 3.05) is 13.2 Å². The van der Waals surface area contributed by atoms with E-state index < -0.39 is 5.91 Å². The smallest absolute Gasteiger partial charge is 0.257 e. The summed E-state index contributed by atoms with van der Waals surface area (Å²) < 4.78 is 5.30. The maximum Gasteiger partial charge on any atom is 0.257 e. The number of nitrogens with two attached hydrogens (primary N) is 1. The van der Waals surface area contributed by atoms with Gasteiger partial charge < -0.3 is 15.8 Å². The first kappa shape index (κ1) is 16.3. The molecule has 0 unspecified atom stereocenters. The van der Waals surface area contributed by atoms with Crippen molar-refractivity contribution in [1.82, 2.24) is 5.32 Å². The Balaban J connectivity index is 2.53. The largest absolute Gasteiger partial charge is 0.483 e. The lowest BCUT2D eigenvalue weighted by Gasteiger charge is -2.11. The average molecular weight is 299 g/mol. The molecule has 0 atom stereocenters. The number of benzene rings is 1. The van der Waals surface area contributed by atoms with Crippen LogP contribution in [0.25, 0.3) is 0 Å². The third-order valence-electron chi connectivity index (χ3n) is 2.61. The predicted octanol–water partition coefficient (Wildman–Crippen LogP) is 1.98. The van der Waals surface area contributed by atoms with Gasteiger partial charge in [-0.1, -0.05) is 25.4 Å². The quantitative estimate of drug-likeness (QED) is 0.807. The second-order valence-corrected chi connectivity index (χ2v) is 5.26. The van der Waals surface area contributed by atoms with Crippen LogP contribution in [0.5, 0.6) is 5.75 Å². The van der Waals surface area contributed by atoms with Crippen LogP contribution < -0.4 is 15.8 Å². The Kier molecular flexibility index (Phi) is 6.31. The van der Waals surface area contributed by atoms with Crippen LogP contribution in [-0.4, -0.2) is 25.0 Å². The molecule has 6 heteroatoms. The Labute approximate surface area is 123 Å². The molecule has 0 aliphatic heterocycles. The summed E-state index contributed by atoms with van der Waals surface area (Å²) in [6, 6.07) is 4.50. The van der Waals surface area contributed by atoms with Crippen molar-refractivity contribution in [1.29, 1.82) is 0 Å². The van der Waals surface area contributed by atoms with Crippen molar-refractivity contribution in [2.45, 2.75) is 20.3 Å². The van der Waals surface area contributed by atoms with Gasteiger partial charge >= 0.3 is 0 Å². The van der Waals surface area contributed by atoms with Crippen LogP contribution in [0.3, 0.4) is 0 Å². The van der Waals surface area contributed by atoms with Crippen LogP contribution in [0.15, 0.2) is 18.2 Å². The molecule has 110 valence electrons. The van der Waals surface area contributed by atoms with Crippen LogP contribution in [0.4, 0.5) is 0 Å². The van der Waals surface area contributed by atoms with E-state index in [2.05, 4.69) is 19.2 Å². The molecule has 0 aromatic heterocycles.